The maximum Gasteiger partial charge on any atom is 0.139 e. The van der Waals surface area contributed by atoms with Gasteiger partial charge in [-0.15, -0.1) is 0 Å². The van der Waals surface area contributed by atoms with Crippen molar-refractivity contribution in [3.8, 4) is 11.5 Å². The molecule has 0 radical (unpaired) electrons. The first-order chi connectivity index (χ1) is 9.17. The molecule has 1 N–H and O–H groups in total. The number of halogens is 1. The Kier molecular flexibility index (Phi) is 5.11. The van der Waals surface area contributed by atoms with E-state index in [2.05, 4.69) is 27.3 Å². The third-order valence-corrected chi connectivity index (χ3v) is 4.46. The molecular weight excluding hydrogens is 306 g/mol. The summed E-state index contributed by atoms with van der Waals surface area (Å²) in [5, 5.41) is 3.41. The number of hydrogen-bond acceptors (Lipinski definition) is 3. The monoisotopic (exact) mass is 327 g/mol. The molecule has 1 aliphatic heterocycles. The molecule has 19 heavy (non-hydrogen) atoms. The number of benzene rings is 1. The van der Waals surface area contributed by atoms with E-state index in [0.29, 0.717) is 0 Å². The smallest absolute Gasteiger partial charge is 0.139 e. The first kappa shape index (κ1) is 14.7. The summed E-state index contributed by atoms with van der Waals surface area (Å²) in [6, 6.07) is 2.15. The fraction of sp³-hybridized carbons (Fsp3) is 0.600. The minimum atomic E-state index is 0.745. The van der Waals surface area contributed by atoms with E-state index < -0.39 is 0 Å². The molecule has 2 rings (SSSR count). The minimum Gasteiger partial charge on any atom is -0.496 e. The first-order valence-corrected chi connectivity index (χ1v) is 7.57. The number of hydrogen-bond donors (Lipinski definition) is 1. The van der Waals surface area contributed by atoms with Crippen molar-refractivity contribution in [2.24, 2.45) is 5.92 Å². The van der Waals surface area contributed by atoms with Crippen molar-refractivity contribution >= 4 is 15.9 Å². The van der Waals surface area contributed by atoms with E-state index >= 15 is 0 Å². The largest absolute Gasteiger partial charge is 0.496 e. The molecule has 4 heteroatoms. The molecule has 0 amide bonds. The molecule has 1 aliphatic rings. The summed E-state index contributed by atoms with van der Waals surface area (Å²) in [7, 11) is 3.43. The minimum absolute atomic E-state index is 0.745. The average molecular weight is 328 g/mol. The molecule has 0 aliphatic carbocycles. The predicted molar refractivity (Wildman–Crippen MR) is 81.3 cm³/mol. The van der Waals surface area contributed by atoms with E-state index in [9.17, 15) is 0 Å². The van der Waals surface area contributed by atoms with Crippen LogP contribution in [0.4, 0.5) is 0 Å². The molecule has 3 nitrogen and oxygen atoms in total. The summed E-state index contributed by atoms with van der Waals surface area (Å²) < 4.78 is 12.0. The van der Waals surface area contributed by atoms with Crippen LogP contribution in [0, 0.1) is 12.8 Å². The zero-order valence-electron chi connectivity index (χ0n) is 11.9. The van der Waals surface area contributed by atoms with Gasteiger partial charge in [0.2, 0.25) is 0 Å². The Labute approximate surface area is 123 Å². The van der Waals surface area contributed by atoms with Crippen molar-refractivity contribution in [3.05, 3.63) is 21.7 Å². The second-order valence-corrected chi connectivity index (χ2v) is 5.96. The molecular formula is C15H22BrNO2. The maximum atomic E-state index is 5.60. The second-order valence-electron chi connectivity index (χ2n) is 5.11. The van der Waals surface area contributed by atoms with Crippen molar-refractivity contribution in [2.75, 3.05) is 27.3 Å². The van der Waals surface area contributed by atoms with Gasteiger partial charge in [0.15, 0.2) is 0 Å². The molecule has 1 aromatic carbocycles. The van der Waals surface area contributed by atoms with Crippen molar-refractivity contribution in [3.63, 3.8) is 0 Å². The SMILES string of the molecule is COc1c(Br)cc(CC2CCNCC2)c(OC)c1C. The Bertz CT molecular complexity index is 442. The molecule has 0 bridgehead atoms. The first-order valence-electron chi connectivity index (χ1n) is 6.78. The predicted octanol–water partition coefficient (Wildman–Crippen LogP) is 3.32. The summed E-state index contributed by atoms with van der Waals surface area (Å²) in [5.74, 6) is 2.58. The van der Waals surface area contributed by atoms with E-state index in [0.717, 1.165) is 47.0 Å². The molecule has 0 atom stereocenters. The topological polar surface area (TPSA) is 30.5 Å². The molecule has 1 saturated heterocycles. The van der Waals surface area contributed by atoms with Crippen LogP contribution in [0.15, 0.2) is 10.5 Å². The van der Waals surface area contributed by atoms with Crippen molar-refractivity contribution < 1.29 is 9.47 Å². The Morgan fingerprint density at radius 3 is 2.42 bits per heavy atom. The van der Waals surface area contributed by atoms with Crippen LogP contribution >= 0.6 is 15.9 Å². The molecule has 1 heterocycles. The Hall–Kier alpha value is -0.740. The maximum absolute atomic E-state index is 5.60. The van der Waals surface area contributed by atoms with Crippen LogP contribution in [0.3, 0.4) is 0 Å². The third-order valence-electron chi connectivity index (χ3n) is 3.87. The Morgan fingerprint density at radius 2 is 1.84 bits per heavy atom. The van der Waals surface area contributed by atoms with E-state index in [-0.39, 0.29) is 0 Å². The quantitative estimate of drug-likeness (QED) is 0.920. The second kappa shape index (κ2) is 6.62. The number of ether oxygens (including phenoxy) is 2. The van der Waals surface area contributed by atoms with Crippen LogP contribution in [0.25, 0.3) is 0 Å². The van der Waals surface area contributed by atoms with Gasteiger partial charge < -0.3 is 14.8 Å². The lowest BCUT2D eigenvalue weighted by molar-refractivity contribution is 0.356. The van der Waals surface area contributed by atoms with Crippen molar-refractivity contribution in [2.45, 2.75) is 26.2 Å². The van der Waals surface area contributed by atoms with Gasteiger partial charge in [-0.05, 0) is 72.8 Å². The van der Waals surface area contributed by atoms with Crippen LogP contribution in [-0.4, -0.2) is 27.3 Å². The lowest BCUT2D eigenvalue weighted by atomic mass is 9.90. The van der Waals surface area contributed by atoms with E-state index in [4.69, 9.17) is 9.47 Å². The van der Waals surface area contributed by atoms with Gasteiger partial charge in [-0.1, -0.05) is 0 Å². The lowest BCUT2D eigenvalue weighted by Gasteiger charge is -2.24. The normalized spacial score (nSPS) is 16.4. The lowest BCUT2D eigenvalue weighted by Crippen LogP contribution is -2.28. The summed E-state index contributed by atoms with van der Waals surface area (Å²) in [4.78, 5) is 0. The summed E-state index contributed by atoms with van der Waals surface area (Å²) in [5.41, 5.74) is 2.35. The highest BCUT2D eigenvalue weighted by atomic mass is 79.9. The molecule has 0 aromatic heterocycles. The molecule has 0 spiro atoms. The van der Waals surface area contributed by atoms with Crippen LogP contribution < -0.4 is 14.8 Å². The van der Waals surface area contributed by atoms with Crippen LogP contribution in [0.5, 0.6) is 11.5 Å². The number of nitrogens with one attached hydrogen (secondary N) is 1. The Balaban J connectivity index is 2.28. The van der Waals surface area contributed by atoms with Gasteiger partial charge in [0.05, 0.1) is 18.7 Å². The van der Waals surface area contributed by atoms with Crippen LogP contribution in [0.1, 0.15) is 24.0 Å². The third kappa shape index (κ3) is 3.23. The van der Waals surface area contributed by atoms with Crippen LogP contribution in [-0.2, 0) is 6.42 Å². The van der Waals surface area contributed by atoms with Gasteiger partial charge in [-0.3, -0.25) is 0 Å². The van der Waals surface area contributed by atoms with Gasteiger partial charge in [0, 0.05) is 5.56 Å². The molecule has 106 valence electrons. The summed E-state index contributed by atoms with van der Waals surface area (Å²) in [6.07, 6.45) is 3.56. The standard InChI is InChI=1S/C15H22BrNO2/c1-10-14(18-2)12(9-13(16)15(10)19-3)8-11-4-6-17-7-5-11/h9,11,17H,4-8H2,1-3H3. The molecule has 0 unspecified atom stereocenters. The molecule has 0 saturated carbocycles. The zero-order chi connectivity index (χ0) is 13.8. The van der Waals surface area contributed by atoms with Gasteiger partial charge in [0.1, 0.15) is 11.5 Å². The van der Waals surface area contributed by atoms with Crippen LogP contribution in [0.2, 0.25) is 0 Å². The average Bonchev–Trinajstić information content (AvgIpc) is 2.40. The van der Waals surface area contributed by atoms with E-state index in [1.54, 1.807) is 14.2 Å². The Morgan fingerprint density at radius 1 is 1.21 bits per heavy atom. The van der Waals surface area contributed by atoms with E-state index in [1.807, 2.05) is 6.92 Å². The highest BCUT2D eigenvalue weighted by Crippen LogP contribution is 2.39. The number of piperidine rings is 1. The van der Waals surface area contributed by atoms with Gasteiger partial charge in [-0.25, -0.2) is 0 Å². The summed E-state index contributed by atoms with van der Waals surface area (Å²) >= 11 is 3.59. The summed E-state index contributed by atoms with van der Waals surface area (Å²) in [6.45, 7) is 4.31. The van der Waals surface area contributed by atoms with Gasteiger partial charge in [-0.2, -0.15) is 0 Å². The fourth-order valence-corrected chi connectivity index (χ4v) is 3.63. The van der Waals surface area contributed by atoms with Gasteiger partial charge >= 0.3 is 0 Å². The fourth-order valence-electron chi connectivity index (χ4n) is 2.89. The zero-order valence-corrected chi connectivity index (χ0v) is 13.5. The highest BCUT2D eigenvalue weighted by molar-refractivity contribution is 9.10. The van der Waals surface area contributed by atoms with Crippen molar-refractivity contribution in [1.29, 1.82) is 0 Å². The highest BCUT2D eigenvalue weighted by Gasteiger charge is 2.20. The number of methoxy groups -OCH3 is 2. The number of rotatable bonds is 4. The van der Waals surface area contributed by atoms with Crippen molar-refractivity contribution in [1.82, 2.24) is 5.32 Å². The van der Waals surface area contributed by atoms with E-state index in [1.165, 1.54) is 18.4 Å². The molecule has 1 aromatic rings. The van der Waals surface area contributed by atoms with Gasteiger partial charge in [0.25, 0.3) is 0 Å². The molecule has 1 fully saturated rings.